The first kappa shape index (κ1) is 15.5. The average Bonchev–Trinajstić information content (AvgIpc) is 2.21. The average molecular weight is 255 g/mol. The SMILES string of the molecule is C1CCC(NC2CCNCC2)CC1.Cl.Cl. The molecule has 2 aliphatic rings. The number of hydrogen-bond donors (Lipinski definition) is 2. The first-order chi connectivity index (χ1) is 6.45. The molecule has 1 saturated carbocycles. The van der Waals surface area contributed by atoms with Gasteiger partial charge in [-0.2, -0.15) is 0 Å². The van der Waals surface area contributed by atoms with E-state index in [-0.39, 0.29) is 24.8 Å². The van der Waals surface area contributed by atoms with Gasteiger partial charge in [-0.15, -0.1) is 24.8 Å². The summed E-state index contributed by atoms with van der Waals surface area (Å²) in [6, 6.07) is 1.65. The Morgan fingerprint density at radius 2 is 1.27 bits per heavy atom. The molecular formula is C11H24Cl2N2. The smallest absolute Gasteiger partial charge is 0.00938 e. The van der Waals surface area contributed by atoms with Gasteiger partial charge in [-0.25, -0.2) is 0 Å². The summed E-state index contributed by atoms with van der Waals surface area (Å²) < 4.78 is 0. The second-order valence-corrected chi connectivity index (χ2v) is 4.53. The highest BCUT2D eigenvalue weighted by Gasteiger charge is 2.18. The van der Waals surface area contributed by atoms with Crippen LogP contribution in [0.3, 0.4) is 0 Å². The third-order valence-electron chi connectivity index (χ3n) is 3.42. The van der Waals surface area contributed by atoms with Crippen molar-refractivity contribution in [2.75, 3.05) is 13.1 Å². The Labute approximate surface area is 106 Å². The van der Waals surface area contributed by atoms with Gasteiger partial charge in [0.1, 0.15) is 0 Å². The summed E-state index contributed by atoms with van der Waals surface area (Å²) in [6.45, 7) is 2.43. The zero-order chi connectivity index (χ0) is 8.93. The lowest BCUT2D eigenvalue weighted by atomic mass is 9.94. The minimum atomic E-state index is 0. The third-order valence-corrected chi connectivity index (χ3v) is 3.42. The molecule has 0 unspecified atom stereocenters. The topological polar surface area (TPSA) is 24.1 Å². The zero-order valence-corrected chi connectivity index (χ0v) is 11.0. The van der Waals surface area contributed by atoms with Gasteiger partial charge in [0.15, 0.2) is 0 Å². The van der Waals surface area contributed by atoms with Crippen molar-refractivity contribution in [1.82, 2.24) is 10.6 Å². The van der Waals surface area contributed by atoms with Crippen LogP contribution in [0.1, 0.15) is 44.9 Å². The summed E-state index contributed by atoms with van der Waals surface area (Å²) in [4.78, 5) is 0. The molecule has 0 amide bonds. The van der Waals surface area contributed by atoms with Gasteiger partial charge in [0.2, 0.25) is 0 Å². The minimum Gasteiger partial charge on any atom is -0.317 e. The Kier molecular flexibility index (Phi) is 8.92. The molecule has 1 aliphatic heterocycles. The Balaban J connectivity index is 0.000000980. The number of piperidine rings is 1. The van der Waals surface area contributed by atoms with Crippen LogP contribution < -0.4 is 10.6 Å². The van der Waals surface area contributed by atoms with Crippen molar-refractivity contribution < 1.29 is 0 Å². The van der Waals surface area contributed by atoms with E-state index in [1.807, 2.05) is 0 Å². The number of halogens is 2. The molecule has 2 nitrogen and oxygen atoms in total. The van der Waals surface area contributed by atoms with Gasteiger partial charge in [-0.3, -0.25) is 0 Å². The predicted molar refractivity (Wildman–Crippen MR) is 70.4 cm³/mol. The third kappa shape index (κ3) is 5.39. The molecule has 2 rings (SSSR count). The normalized spacial score (nSPS) is 24.0. The van der Waals surface area contributed by atoms with E-state index in [9.17, 15) is 0 Å². The first-order valence-corrected chi connectivity index (χ1v) is 5.92. The summed E-state index contributed by atoms with van der Waals surface area (Å²) in [7, 11) is 0. The van der Waals surface area contributed by atoms with Crippen molar-refractivity contribution in [2.24, 2.45) is 0 Å². The van der Waals surface area contributed by atoms with E-state index < -0.39 is 0 Å². The largest absolute Gasteiger partial charge is 0.317 e. The van der Waals surface area contributed by atoms with Crippen LogP contribution in [-0.4, -0.2) is 25.2 Å². The highest BCUT2D eigenvalue weighted by atomic mass is 35.5. The molecule has 0 spiro atoms. The van der Waals surface area contributed by atoms with Crippen LogP contribution in [0.25, 0.3) is 0 Å². The molecular weight excluding hydrogens is 231 g/mol. The van der Waals surface area contributed by atoms with Crippen LogP contribution in [0.5, 0.6) is 0 Å². The fraction of sp³-hybridized carbons (Fsp3) is 1.00. The highest BCUT2D eigenvalue weighted by molar-refractivity contribution is 5.85. The van der Waals surface area contributed by atoms with Crippen LogP contribution >= 0.6 is 24.8 Å². The predicted octanol–water partition coefficient (Wildman–Crippen LogP) is 2.50. The van der Waals surface area contributed by atoms with E-state index in [4.69, 9.17) is 0 Å². The highest BCUT2D eigenvalue weighted by Crippen LogP contribution is 2.18. The fourth-order valence-electron chi connectivity index (χ4n) is 2.59. The number of nitrogens with one attached hydrogen (secondary N) is 2. The molecule has 1 heterocycles. The van der Waals surface area contributed by atoms with Crippen LogP contribution in [0.4, 0.5) is 0 Å². The lowest BCUT2D eigenvalue weighted by molar-refractivity contribution is 0.298. The van der Waals surface area contributed by atoms with Crippen molar-refractivity contribution in [1.29, 1.82) is 0 Å². The molecule has 0 radical (unpaired) electrons. The monoisotopic (exact) mass is 254 g/mol. The maximum Gasteiger partial charge on any atom is 0.00938 e. The Bertz CT molecular complexity index is 128. The molecule has 0 atom stereocenters. The molecule has 2 N–H and O–H groups in total. The van der Waals surface area contributed by atoms with Crippen molar-refractivity contribution in [3.05, 3.63) is 0 Å². The lowest BCUT2D eigenvalue weighted by Gasteiger charge is -2.31. The van der Waals surface area contributed by atoms with E-state index in [2.05, 4.69) is 10.6 Å². The van der Waals surface area contributed by atoms with Crippen molar-refractivity contribution in [3.8, 4) is 0 Å². The number of hydrogen-bond acceptors (Lipinski definition) is 2. The molecule has 2 fully saturated rings. The molecule has 1 saturated heterocycles. The van der Waals surface area contributed by atoms with Crippen molar-refractivity contribution >= 4 is 24.8 Å². The van der Waals surface area contributed by atoms with Crippen LogP contribution in [0, 0.1) is 0 Å². The Morgan fingerprint density at radius 3 is 1.87 bits per heavy atom. The van der Waals surface area contributed by atoms with E-state index in [0.717, 1.165) is 12.1 Å². The van der Waals surface area contributed by atoms with Gasteiger partial charge in [0.25, 0.3) is 0 Å². The summed E-state index contributed by atoms with van der Waals surface area (Å²) in [6.07, 6.45) is 9.86. The van der Waals surface area contributed by atoms with Crippen LogP contribution in [-0.2, 0) is 0 Å². The van der Waals surface area contributed by atoms with E-state index >= 15 is 0 Å². The molecule has 0 aromatic heterocycles. The summed E-state index contributed by atoms with van der Waals surface area (Å²) in [5, 5.41) is 7.23. The molecule has 0 aromatic carbocycles. The van der Waals surface area contributed by atoms with Crippen molar-refractivity contribution in [2.45, 2.75) is 57.0 Å². The quantitative estimate of drug-likeness (QED) is 0.792. The second kappa shape index (κ2) is 8.63. The number of rotatable bonds is 2. The molecule has 0 bridgehead atoms. The lowest BCUT2D eigenvalue weighted by Crippen LogP contribution is -2.45. The maximum atomic E-state index is 3.82. The zero-order valence-electron chi connectivity index (χ0n) is 9.34. The van der Waals surface area contributed by atoms with Crippen LogP contribution in [0.2, 0.25) is 0 Å². The van der Waals surface area contributed by atoms with E-state index in [0.29, 0.717) is 0 Å². The standard InChI is InChI=1S/C11H22N2.2ClH/c1-2-4-10(5-3-1)13-11-6-8-12-9-7-11;;/h10-13H,1-9H2;2*1H. The fourth-order valence-corrected chi connectivity index (χ4v) is 2.59. The summed E-state index contributed by atoms with van der Waals surface area (Å²) >= 11 is 0. The van der Waals surface area contributed by atoms with Gasteiger partial charge in [-0.05, 0) is 38.8 Å². The summed E-state index contributed by atoms with van der Waals surface area (Å²) in [5.41, 5.74) is 0. The van der Waals surface area contributed by atoms with Gasteiger partial charge in [0.05, 0.1) is 0 Å². The second-order valence-electron chi connectivity index (χ2n) is 4.53. The Morgan fingerprint density at radius 1 is 0.733 bits per heavy atom. The molecule has 4 heteroatoms. The minimum absolute atomic E-state index is 0. The molecule has 92 valence electrons. The molecule has 15 heavy (non-hydrogen) atoms. The van der Waals surface area contributed by atoms with Gasteiger partial charge < -0.3 is 10.6 Å². The van der Waals surface area contributed by atoms with Gasteiger partial charge in [-0.1, -0.05) is 19.3 Å². The van der Waals surface area contributed by atoms with Gasteiger partial charge >= 0.3 is 0 Å². The molecule has 1 aliphatic carbocycles. The Hall–Kier alpha value is 0.500. The first-order valence-electron chi connectivity index (χ1n) is 5.92. The summed E-state index contributed by atoms with van der Waals surface area (Å²) in [5.74, 6) is 0. The van der Waals surface area contributed by atoms with Crippen LogP contribution in [0.15, 0.2) is 0 Å². The van der Waals surface area contributed by atoms with E-state index in [1.54, 1.807) is 0 Å². The van der Waals surface area contributed by atoms with Crippen molar-refractivity contribution in [3.63, 3.8) is 0 Å². The van der Waals surface area contributed by atoms with Gasteiger partial charge in [0, 0.05) is 12.1 Å². The maximum absolute atomic E-state index is 3.82. The molecule has 0 aromatic rings. The van der Waals surface area contributed by atoms with E-state index in [1.165, 1.54) is 58.0 Å².